The predicted molar refractivity (Wildman–Crippen MR) is 70.3 cm³/mol. The number of carbonyl (C=O) groups excluding carboxylic acids is 1. The highest BCUT2D eigenvalue weighted by atomic mass is 35.5. The van der Waals surface area contributed by atoms with Crippen molar-refractivity contribution < 1.29 is 4.79 Å². The average Bonchev–Trinajstić information content (AvgIpc) is 2.53. The number of halogens is 2. The minimum absolute atomic E-state index is 0.150. The summed E-state index contributed by atoms with van der Waals surface area (Å²) in [4.78, 5) is 20.0. The van der Waals surface area contributed by atoms with Gasteiger partial charge >= 0.3 is 0 Å². The monoisotopic (exact) mass is 289 g/mol. The minimum atomic E-state index is -0.150. The van der Waals surface area contributed by atoms with Crippen LogP contribution < -0.4 is 0 Å². The highest BCUT2D eigenvalue weighted by molar-refractivity contribution is 7.98. The van der Waals surface area contributed by atoms with Gasteiger partial charge in [-0.25, -0.2) is 9.97 Å². The molecule has 0 atom stereocenters. The normalized spacial score (nSPS) is 11.1. The van der Waals surface area contributed by atoms with Crippen molar-refractivity contribution in [3.05, 3.63) is 15.9 Å². The van der Waals surface area contributed by atoms with Gasteiger partial charge in [0, 0.05) is 7.05 Å². The first-order chi connectivity index (χ1) is 7.97. The van der Waals surface area contributed by atoms with Gasteiger partial charge in [-0.1, -0.05) is 35.0 Å². The van der Waals surface area contributed by atoms with E-state index in [9.17, 15) is 4.79 Å². The van der Waals surface area contributed by atoms with Crippen LogP contribution in [-0.4, -0.2) is 26.6 Å². The van der Waals surface area contributed by atoms with Gasteiger partial charge in [0.25, 0.3) is 0 Å². The van der Waals surface area contributed by atoms with E-state index in [4.69, 9.17) is 23.2 Å². The molecule has 0 saturated carbocycles. The van der Waals surface area contributed by atoms with E-state index >= 15 is 0 Å². The zero-order valence-corrected chi connectivity index (χ0v) is 11.7. The van der Waals surface area contributed by atoms with Crippen LogP contribution in [0.15, 0.2) is 5.16 Å². The zero-order valence-electron chi connectivity index (χ0n) is 9.41. The summed E-state index contributed by atoms with van der Waals surface area (Å²) in [5.41, 5.74) is 0.950. The van der Waals surface area contributed by atoms with Crippen LogP contribution in [0, 0.1) is 0 Å². The second-order valence-corrected chi connectivity index (χ2v) is 4.97. The van der Waals surface area contributed by atoms with Crippen LogP contribution in [0.3, 0.4) is 0 Å². The lowest BCUT2D eigenvalue weighted by atomic mass is 10.2. The van der Waals surface area contributed by atoms with Gasteiger partial charge in [-0.2, -0.15) is 0 Å². The number of rotatable bonds is 2. The van der Waals surface area contributed by atoms with E-state index in [2.05, 4.69) is 9.97 Å². The molecule has 0 amide bonds. The molecule has 2 aromatic heterocycles. The van der Waals surface area contributed by atoms with E-state index in [1.165, 1.54) is 18.7 Å². The molecule has 0 aromatic carbocycles. The molecular formula is C10H9Cl2N3OS. The van der Waals surface area contributed by atoms with Crippen LogP contribution >= 0.6 is 35.0 Å². The maximum atomic E-state index is 11.6. The first-order valence-electron chi connectivity index (χ1n) is 4.73. The fourth-order valence-corrected chi connectivity index (χ4v) is 2.61. The lowest BCUT2D eigenvalue weighted by Crippen LogP contribution is -1.94. The zero-order chi connectivity index (χ0) is 12.7. The van der Waals surface area contributed by atoms with Crippen LogP contribution in [0.25, 0.3) is 11.0 Å². The van der Waals surface area contributed by atoms with E-state index < -0.39 is 0 Å². The molecule has 0 spiro atoms. The highest BCUT2D eigenvalue weighted by Crippen LogP contribution is 2.33. The van der Waals surface area contributed by atoms with Gasteiger partial charge in [0.15, 0.2) is 10.9 Å². The van der Waals surface area contributed by atoms with Gasteiger partial charge in [0.1, 0.15) is 16.0 Å². The van der Waals surface area contributed by atoms with Crippen molar-refractivity contribution in [1.29, 1.82) is 0 Å². The number of carbonyl (C=O) groups is 1. The first-order valence-corrected chi connectivity index (χ1v) is 6.71. The summed E-state index contributed by atoms with van der Waals surface area (Å²) in [6, 6.07) is 0. The first kappa shape index (κ1) is 12.7. The summed E-state index contributed by atoms with van der Waals surface area (Å²) in [7, 11) is 1.74. The lowest BCUT2D eigenvalue weighted by molar-refractivity contribution is 0.101. The van der Waals surface area contributed by atoms with Gasteiger partial charge in [0.2, 0.25) is 0 Å². The van der Waals surface area contributed by atoms with E-state index in [0.717, 1.165) is 0 Å². The third-order valence-electron chi connectivity index (χ3n) is 2.43. The number of nitrogens with zero attached hydrogens (tertiary/aromatic N) is 3. The summed E-state index contributed by atoms with van der Waals surface area (Å²) in [6.07, 6.45) is 1.86. The van der Waals surface area contributed by atoms with Gasteiger partial charge in [-0.15, -0.1) is 0 Å². The van der Waals surface area contributed by atoms with E-state index in [0.29, 0.717) is 26.9 Å². The molecule has 0 radical (unpaired) electrons. The fourth-order valence-electron chi connectivity index (χ4n) is 1.64. The van der Waals surface area contributed by atoms with Crippen molar-refractivity contribution in [2.75, 3.05) is 6.26 Å². The molecule has 17 heavy (non-hydrogen) atoms. The van der Waals surface area contributed by atoms with Gasteiger partial charge < -0.3 is 4.57 Å². The van der Waals surface area contributed by atoms with Gasteiger partial charge in [0.05, 0.1) is 10.9 Å². The second kappa shape index (κ2) is 4.48. The minimum Gasteiger partial charge on any atom is -0.319 e. The summed E-state index contributed by atoms with van der Waals surface area (Å²) in [6.45, 7) is 1.44. The number of ketones is 1. The number of Topliss-reactive ketones (excluding diaryl/α,β-unsaturated/α-hetero) is 1. The predicted octanol–water partition coefficient (Wildman–Crippen LogP) is 3.20. The Morgan fingerprint density at radius 2 is 2.00 bits per heavy atom. The number of thioether (sulfide) groups is 1. The maximum absolute atomic E-state index is 11.6. The third kappa shape index (κ3) is 1.92. The molecule has 90 valence electrons. The fraction of sp³-hybridized carbons (Fsp3) is 0.300. The smallest absolute Gasteiger partial charge is 0.190 e. The molecule has 0 aliphatic carbocycles. The summed E-state index contributed by atoms with van der Waals surface area (Å²) in [5.74, 6) is -0.150. The molecular weight excluding hydrogens is 281 g/mol. The highest BCUT2D eigenvalue weighted by Gasteiger charge is 2.22. The molecule has 0 bridgehead atoms. The molecule has 0 saturated heterocycles. The SMILES string of the molecule is CSc1nc(Cl)c2c(C(C)=O)c(Cl)n(C)c2n1. The van der Waals surface area contributed by atoms with Crippen LogP contribution in [0.1, 0.15) is 17.3 Å². The molecule has 0 aliphatic rings. The third-order valence-corrected chi connectivity index (χ3v) is 3.69. The molecule has 7 heteroatoms. The number of aromatic nitrogens is 3. The molecule has 2 aromatic rings. The van der Waals surface area contributed by atoms with Crippen molar-refractivity contribution in [2.45, 2.75) is 12.1 Å². The van der Waals surface area contributed by atoms with E-state index in [-0.39, 0.29) is 10.9 Å². The Morgan fingerprint density at radius 3 is 2.53 bits per heavy atom. The van der Waals surface area contributed by atoms with Gasteiger partial charge in [-0.3, -0.25) is 4.79 Å². The molecule has 0 unspecified atom stereocenters. The molecule has 2 heterocycles. The Morgan fingerprint density at radius 1 is 1.35 bits per heavy atom. The summed E-state index contributed by atoms with van der Waals surface area (Å²) in [5, 5.41) is 1.66. The van der Waals surface area contributed by atoms with Crippen molar-refractivity contribution in [3.8, 4) is 0 Å². The maximum Gasteiger partial charge on any atom is 0.190 e. The second-order valence-electron chi connectivity index (χ2n) is 3.48. The van der Waals surface area contributed by atoms with Crippen LogP contribution in [-0.2, 0) is 7.05 Å². The molecule has 0 N–H and O–H groups in total. The Hall–Kier alpha value is -0.780. The molecule has 2 rings (SSSR count). The average molecular weight is 290 g/mol. The van der Waals surface area contributed by atoms with E-state index in [1.807, 2.05) is 6.26 Å². The van der Waals surface area contributed by atoms with Crippen LogP contribution in [0.4, 0.5) is 0 Å². The number of hydrogen-bond acceptors (Lipinski definition) is 4. The quantitative estimate of drug-likeness (QED) is 0.369. The van der Waals surface area contributed by atoms with Crippen LogP contribution in [0.2, 0.25) is 10.3 Å². The Bertz CT molecular complexity index is 624. The lowest BCUT2D eigenvalue weighted by Gasteiger charge is -2.00. The van der Waals surface area contributed by atoms with Crippen molar-refractivity contribution in [1.82, 2.24) is 14.5 Å². The Labute approximate surface area is 112 Å². The van der Waals surface area contributed by atoms with Crippen LogP contribution in [0.5, 0.6) is 0 Å². The van der Waals surface area contributed by atoms with Crippen molar-refractivity contribution >= 4 is 51.8 Å². The number of aryl methyl sites for hydroxylation is 1. The largest absolute Gasteiger partial charge is 0.319 e. The van der Waals surface area contributed by atoms with Crippen molar-refractivity contribution in [2.24, 2.45) is 7.05 Å². The summed E-state index contributed by atoms with van der Waals surface area (Å²) < 4.78 is 1.64. The standard InChI is InChI=1S/C10H9Cl2N3OS/c1-4(16)5-6-7(11)13-10(17-3)14-9(6)15(2)8(5)12/h1-3H3. The Balaban J connectivity index is 2.95. The van der Waals surface area contributed by atoms with Crippen molar-refractivity contribution in [3.63, 3.8) is 0 Å². The molecule has 4 nitrogen and oxygen atoms in total. The Kier molecular flexibility index (Phi) is 3.34. The number of hydrogen-bond donors (Lipinski definition) is 0. The van der Waals surface area contributed by atoms with E-state index in [1.54, 1.807) is 11.6 Å². The van der Waals surface area contributed by atoms with Gasteiger partial charge in [-0.05, 0) is 13.2 Å². The number of fused-ring (bicyclic) bond motifs is 1. The molecule has 0 fully saturated rings. The topological polar surface area (TPSA) is 47.8 Å². The summed E-state index contributed by atoms with van der Waals surface area (Å²) >= 11 is 13.6. The molecule has 0 aliphatic heterocycles.